The molecule has 0 aliphatic carbocycles. The van der Waals surface area contributed by atoms with Gasteiger partial charge < -0.3 is 22.3 Å². The van der Waals surface area contributed by atoms with Gasteiger partial charge in [0.1, 0.15) is 6.54 Å². The zero-order valence-electron chi connectivity index (χ0n) is 10.9. The normalized spacial score (nSPS) is 16.2. The van der Waals surface area contributed by atoms with E-state index in [2.05, 4.69) is 4.98 Å². The number of benzene rings is 1. The summed E-state index contributed by atoms with van der Waals surface area (Å²) in [5.74, 6) is 0.268. The molecule has 0 amide bonds. The van der Waals surface area contributed by atoms with E-state index in [1.54, 1.807) is 0 Å². The highest BCUT2D eigenvalue weighted by atomic mass is 35.5. The monoisotopic (exact) mass is 278 g/mol. The number of nitrogens with one attached hydrogen (secondary N) is 2. The second-order valence-electron chi connectivity index (χ2n) is 5.16. The van der Waals surface area contributed by atoms with E-state index in [0.717, 1.165) is 29.6 Å². The quantitative estimate of drug-likeness (QED) is 0.654. The van der Waals surface area contributed by atoms with E-state index >= 15 is 0 Å². The molecule has 2 N–H and O–H groups in total. The molecule has 3 rings (SSSR count). The lowest BCUT2D eigenvalue weighted by Gasteiger charge is -2.22. The van der Waals surface area contributed by atoms with E-state index in [9.17, 15) is 4.79 Å². The maximum Gasteiger partial charge on any atom is 0.219 e. The number of aromatic nitrogens is 1. The minimum Gasteiger partial charge on any atom is -1.00 e. The van der Waals surface area contributed by atoms with Crippen molar-refractivity contribution in [3.8, 4) is 0 Å². The molecule has 1 aromatic heterocycles. The predicted octanol–water partition coefficient (Wildman–Crippen LogP) is -1.58. The van der Waals surface area contributed by atoms with E-state index in [0.29, 0.717) is 6.54 Å². The Morgan fingerprint density at radius 1 is 1.16 bits per heavy atom. The second kappa shape index (κ2) is 6.22. The maximum atomic E-state index is 12.3. The molecule has 0 spiro atoms. The van der Waals surface area contributed by atoms with Crippen LogP contribution in [-0.2, 0) is 0 Å². The summed E-state index contributed by atoms with van der Waals surface area (Å²) in [6.45, 7) is 2.93. The number of quaternary nitrogens is 1. The number of halogens is 1. The highest BCUT2D eigenvalue weighted by molar-refractivity contribution is 6.08. The van der Waals surface area contributed by atoms with Crippen LogP contribution in [0.25, 0.3) is 10.9 Å². The van der Waals surface area contributed by atoms with Crippen molar-refractivity contribution in [3.05, 3.63) is 36.0 Å². The van der Waals surface area contributed by atoms with Crippen molar-refractivity contribution in [3.63, 3.8) is 0 Å². The number of H-pyrrole nitrogens is 1. The summed E-state index contributed by atoms with van der Waals surface area (Å²) in [5, 5.41) is 1.05. The zero-order valence-corrected chi connectivity index (χ0v) is 11.7. The van der Waals surface area contributed by atoms with E-state index < -0.39 is 0 Å². The van der Waals surface area contributed by atoms with E-state index in [4.69, 9.17) is 0 Å². The van der Waals surface area contributed by atoms with Crippen molar-refractivity contribution in [2.75, 3.05) is 19.6 Å². The highest BCUT2D eigenvalue weighted by Crippen LogP contribution is 2.17. The summed E-state index contributed by atoms with van der Waals surface area (Å²) in [6.07, 6.45) is 5.70. The minimum atomic E-state index is 0. The lowest BCUT2D eigenvalue weighted by molar-refractivity contribution is -0.896. The van der Waals surface area contributed by atoms with Gasteiger partial charge in [0.25, 0.3) is 0 Å². The number of hydrogen-bond donors (Lipinski definition) is 2. The number of ketones is 1. The largest absolute Gasteiger partial charge is 1.00 e. The molecule has 1 aliphatic heterocycles. The number of piperidine rings is 1. The fourth-order valence-electron chi connectivity index (χ4n) is 2.85. The van der Waals surface area contributed by atoms with Gasteiger partial charge in [-0.05, 0) is 25.3 Å². The molecule has 1 aliphatic rings. The molecule has 4 heteroatoms. The van der Waals surface area contributed by atoms with Crippen LogP contribution in [0.5, 0.6) is 0 Å². The Balaban J connectivity index is 0.00000133. The summed E-state index contributed by atoms with van der Waals surface area (Å²) in [5.41, 5.74) is 1.90. The van der Waals surface area contributed by atoms with Gasteiger partial charge >= 0.3 is 0 Å². The topological polar surface area (TPSA) is 37.3 Å². The SMILES string of the molecule is O=C(C[NH+]1CCCCC1)c1c[nH]c2ccccc12.[Cl-]. The number of carbonyl (C=O) groups is 1. The first-order chi connectivity index (χ1) is 8.84. The molecule has 3 nitrogen and oxygen atoms in total. The van der Waals surface area contributed by atoms with E-state index in [-0.39, 0.29) is 18.2 Å². The Morgan fingerprint density at radius 3 is 2.68 bits per heavy atom. The van der Waals surface area contributed by atoms with Crippen LogP contribution in [-0.4, -0.2) is 30.4 Å². The lowest BCUT2D eigenvalue weighted by atomic mass is 10.1. The van der Waals surface area contributed by atoms with Crippen LogP contribution in [0.15, 0.2) is 30.5 Å². The van der Waals surface area contributed by atoms with Gasteiger partial charge in [-0.25, -0.2) is 0 Å². The van der Waals surface area contributed by atoms with Crippen molar-refractivity contribution in [1.29, 1.82) is 0 Å². The average Bonchev–Trinajstić information content (AvgIpc) is 2.84. The van der Waals surface area contributed by atoms with Gasteiger partial charge in [0.15, 0.2) is 0 Å². The number of hydrogen-bond acceptors (Lipinski definition) is 1. The van der Waals surface area contributed by atoms with E-state index in [1.165, 1.54) is 24.2 Å². The number of carbonyl (C=O) groups excluding carboxylic acids is 1. The van der Waals surface area contributed by atoms with E-state index in [1.807, 2.05) is 30.5 Å². The predicted molar refractivity (Wildman–Crippen MR) is 72.0 cm³/mol. The maximum absolute atomic E-state index is 12.3. The third-order valence-corrected chi connectivity index (χ3v) is 3.86. The molecule has 102 valence electrons. The lowest BCUT2D eigenvalue weighted by Crippen LogP contribution is -3.13. The molecule has 0 radical (unpaired) electrons. The molecular weight excluding hydrogens is 260 g/mol. The van der Waals surface area contributed by atoms with Gasteiger partial charge in [-0.15, -0.1) is 0 Å². The number of fused-ring (bicyclic) bond motifs is 1. The van der Waals surface area contributed by atoms with Gasteiger partial charge in [0.2, 0.25) is 5.78 Å². The molecule has 2 aromatic rings. The number of rotatable bonds is 3. The number of para-hydroxylation sites is 1. The third kappa shape index (κ3) is 2.99. The van der Waals surface area contributed by atoms with Crippen molar-refractivity contribution in [2.24, 2.45) is 0 Å². The molecular formula is C15H19ClN2O. The fraction of sp³-hybridized carbons (Fsp3) is 0.400. The van der Waals surface area contributed by atoms with Gasteiger partial charge in [-0.1, -0.05) is 18.2 Å². The molecule has 0 bridgehead atoms. The molecule has 1 fully saturated rings. The zero-order chi connectivity index (χ0) is 12.4. The summed E-state index contributed by atoms with van der Waals surface area (Å²) < 4.78 is 0. The Kier molecular flexibility index (Phi) is 4.61. The van der Waals surface area contributed by atoms with Crippen LogP contribution < -0.4 is 17.3 Å². The number of likely N-dealkylation sites (tertiary alicyclic amines) is 1. The molecule has 0 unspecified atom stereocenters. The van der Waals surface area contributed by atoms with Gasteiger partial charge in [0.05, 0.1) is 13.1 Å². The number of aromatic amines is 1. The van der Waals surface area contributed by atoms with Crippen LogP contribution in [0.3, 0.4) is 0 Å². The van der Waals surface area contributed by atoms with Crippen LogP contribution in [0.1, 0.15) is 29.6 Å². The minimum absolute atomic E-state index is 0. The second-order valence-corrected chi connectivity index (χ2v) is 5.16. The standard InChI is InChI=1S/C15H18N2O.ClH/c18-15(11-17-8-4-1-5-9-17)13-10-16-14-7-3-2-6-12(13)14;/h2-3,6-7,10,16H,1,4-5,8-9,11H2;1H. The first kappa shape index (κ1) is 14.1. The van der Waals surface area contributed by atoms with Crippen LogP contribution in [0.4, 0.5) is 0 Å². The summed E-state index contributed by atoms with van der Waals surface area (Å²) in [7, 11) is 0. The Hall–Kier alpha value is -1.32. The Bertz CT molecular complexity index is 558. The fourth-order valence-corrected chi connectivity index (χ4v) is 2.85. The third-order valence-electron chi connectivity index (χ3n) is 3.86. The molecule has 2 heterocycles. The van der Waals surface area contributed by atoms with Gasteiger partial charge in [0, 0.05) is 22.7 Å². The summed E-state index contributed by atoms with van der Waals surface area (Å²) >= 11 is 0. The average molecular weight is 279 g/mol. The summed E-state index contributed by atoms with van der Waals surface area (Å²) in [4.78, 5) is 17.0. The van der Waals surface area contributed by atoms with Crippen LogP contribution in [0, 0.1) is 0 Å². The molecule has 1 saturated heterocycles. The first-order valence-electron chi connectivity index (χ1n) is 6.77. The van der Waals surface area contributed by atoms with Gasteiger partial charge in [-0.2, -0.15) is 0 Å². The summed E-state index contributed by atoms with van der Waals surface area (Å²) in [6, 6.07) is 8.01. The molecule has 19 heavy (non-hydrogen) atoms. The molecule has 0 saturated carbocycles. The van der Waals surface area contributed by atoms with Crippen LogP contribution >= 0.6 is 0 Å². The Morgan fingerprint density at radius 2 is 1.89 bits per heavy atom. The highest BCUT2D eigenvalue weighted by Gasteiger charge is 2.20. The van der Waals surface area contributed by atoms with Crippen LogP contribution in [0.2, 0.25) is 0 Å². The van der Waals surface area contributed by atoms with Gasteiger partial charge in [-0.3, -0.25) is 4.79 Å². The Labute approximate surface area is 119 Å². The van der Waals surface area contributed by atoms with Crippen molar-refractivity contribution >= 4 is 16.7 Å². The van der Waals surface area contributed by atoms with Crippen molar-refractivity contribution in [2.45, 2.75) is 19.3 Å². The molecule has 1 aromatic carbocycles. The van der Waals surface area contributed by atoms with Crippen molar-refractivity contribution < 1.29 is 22.1 Å². The van der Waals surface area contributed by atoms with Crippen molar-refractivity contribution in [1.82, 2.24) is 4.98 Å². The molecule has 0 atom stereocenters. The first-order valence-corrected chi connectivity index (χ1v) is 6.77. The smallest absolute Gasteiger partial charge is 0.219 e. The number of Topliss-reactive ketones (excluding diaryl/α,β-unsaturated/α-hetero) is 1.